The van der Waals surface area contributed by atoms with Crippen molar-refractivity contribution < 1.29 is 17.9 Å². The third-order valence-electron chi connectivity index (χ3n) is 4.78. The van der Waals surface area contributed by atoms with E-state index < -0.39 is 15.9 Å². The number of ether oxygens (including phenoxy) is 1. The van der Waals surface area contributed by atoms with E-state index >= 15 is 0 Å². The van der Waals surface area contributed by atoms with E-state index in [-0.39, 0.29) is 17.3 Å². The summed E-state index contributed by atoms with van der Waals surface area (Å²) in [5, 5.41) is 2.86. The second-order valence-corrected chi connectivity index (χ2v) is 8.64. The summed E-state index contributed by atoms with van der Waals surface area (Å²) in [5.41, 5.74) is 1.59. The number of aryl methyl sites for hydroxylation is 1. The number of amides is 1. The lowest BCUT2D eigenvalue weighted by Gasteiger charge is -2.31. The van der Waals surface area contributed by atoms with Crippen molar-refractivity contribution in [3.05, 3.63) is 54.1 Å². The first-order chi connectivity index (χ1) is 12.9. The third-order valence-corrected chi connectivity index (χ3v) is 6.66. The van der Waals surface area contributed by atoms with Gasteiger partial charge in [-0.3, -0.25) is 4.79 Å². The minimum Gasteiger partial charge on any atom is -0.495 e. The van der Waals surface area contributed by atoms with Crippen molar-refractivity contribution in [3.63, 3.8) is 0 Å². The lowest BCUT2D eigenvalue weighted by Crippen LogP contribution is -2.43. The molecule has 1 aliphatic heterocycles. The number of benzene rings is 2. The summed E-state index contributed by atoms with van der Waals surface area (Å²) in [6, 6.07) is 14.0. The van der Waals surface area contributed by atoms with Gasteiger partial charge in [0.15, 0.2) is 0 Å². The molecule has 2 aromatic carbocycles. The Bertz CT molecular complexity index is 910. The molecule has 7 heteroatoms. The number of sulfonamides is 1. The number of carbonyl (C=O) groups is 1. The van der Waals surface area contributed by atoms with E-state index in [0.29, 0.717) is 30.8 Å². The molecular weight excluding hydrogens is 364 g/mol. The number of methoxy groups -OCH3 is 1. The number of nitrogens with one attached hydrogen (secondary N) is 1. The van der Waals surface area contributed by atoms with Gasteiger partial charge in [-0.2, -0.15) is 4.31 Å². The molecule has 1 amide bonds. The van der Waals surface area contributed by atoms with Crippen LogP contribution in [0.2, 0.25) is 0 Å². The summed E-state index contributed by atoms with van der Waals surface area (Å²) in [5.74, 6) is -0.0158. The Hall–Kier alpha value is -2.38. The Morgan fingerprint density at radius 2 is 1.85 bits per heavy atom. The Balaban J connectivity index is 1.73. The van der Waals surface area contributed by atoms with E-state index in [2.05, 4.69) is 5.32 Å². The van der Waals surface area contributed by atoms with Crippen LogP contribution in [0, 0.1) is 12.8 Å². The zero-order chi connectivity index (χ0) is 19.4. The number of para-hydroxylation sites is 2. The maximum absolute atomic E-state index is 12.9. The highest BCUT2D eigenvalue weighted by Crippen LogP contribution is 2.27. The number of carbonyl (C=O) groups excluding carboxylic acids is 1. The molecule has 1 aliphatic rings. The lowest BCUT2D eigenvalue weighted by atomic mass is 9.98. The van der Waals surface area contributed by atoms with Crippen molar-refractivity contribution in [1.82, 2.24) is 4.31 Å². The Labute approximate surface area is 160 Å². The minimum absolute atomic E-state index is 0.178. The smallest absolute Gasteiger partial charge is 0.243 e. The van der Waals surface area contributed by atoms with Gasteiger partial charge in [-0.15, -0.1) is 0 Å². The van der Waals surface area contributed by atoms with Crippen molar-refractivity contribution in [3.8, 4) is 5.75 Å². The fraction of sp³-hybridized carbons (Fsp3) is 0.350. The predicted molar refractivity (Wildman–Crippen MR) is 104 cm³/mol. The van der Waals surface area contributed by atoms with Gasteiger partial charge in [0.2, 0.25) is 15.9 Å². The minimum atomic E-state index is -3.60. The first kappa shape index (κ1) is 19.4. The zero-order valence-electron chi connectivity index (χ0n) is 15.5. The largest absolute Gasteiger partial charge is 0.495 e. The molecule has 1 heterocycles. The predicted octanol–water partition coefficient (Wildman–Crippen LogP) is 3.04. The quantitative estimate of drug-likeness (QED) is 0.854. The standard InChI is InChI=1S/C20H24N2O4S/c1-15-9-11-17(12-10-15)27(24,25)22-13-5-6-16(14-22)20(23)21-18-7-3-4-8-19(18)26-2/h3-4,7-12,16H,5-6,13-14H2,1-2H3,(H,21,23)/t16-/m0/s1. The van der Waals surface area contributed by atoms with Crippen LogP contribution in [0.4, 0.5) is 5.69 Å². The van der Waals surface area contributed by atoms with Gasteiger partial charge in [0.05, 0.1) is 23.6 Å². The number of hydrogen-bond donors (Lipinski definition) is 1. The summed E-state index contributed by atoms with van der Waals surface area (Å²) in [6.07, 6.45) is 1.30. The van der Waals surface area contributed by atoms with Crippen LogP contribution in [0.1, 0.15) is 18.4 Å². The summed E-state index contributed by atoms with van der Waals surface area (Å²) in [6.45, 7) is 2.52. The summed E-state index contributed by atoms with van der Waals surface area (Å²) in [7, 11) is -2.06. The summed E-state index contributed by atoms with van der Waals surface area (Å²) in [4.78, 5) is 13.0. The number of hydrogen-bond acceptors (Lipinski definition) is 4. The summed E-state index contributed by atoms with van der Waals surface area (Å²) < 4.78 is 32.5. The molecule has 0 aromatic heterocycles. The Morgan fingerprint density at radius 3 is 2.56 bits per heavy atom. The highest BCUT2D eigenvalue weighted by atomic mass is 32.2. The first-order valence-electron chi connectivity index (χ1n) is 8.92. The second-order valence-electron chi connectivity index (χ2n) is 6.70. The van der Waals surface area contributed by atoms with Crippen molar-refractivity contribution in [2.75, 3.05) is 25.5 Å². The molecule has 0 radical (unpaired) electrons. The average molecular weight is 388 g/mol. The van der Waals surface area contributed by atoms with E-state index in [1.807, 2.05) is 19.1 Å². The molecule has 2 aromatic rings. The van der Waals surface area contributed by atoms with E-state index in [0.717, 1.165) is 5.56 Å². The fourth-order valence-corrected chi connectivity index (χ4v) is 4.74. The molecule has 1 fully saturated rings. The first-order valence-corrected chi connectivity index (χ1v) is 10.4. The maximum atomic E-state index is 12.9. The Kier molecular flexibility index (Phi) is 5.82. The second kappa shape index (κ2) is 8.10. The van der Waals surface area contributed by atoms with Crippen LogP contribution < -0.4 is 10.1 Å². The van der Waals surface area contributed by atoms with Crippen LogP contribution in [0.3, 0.4) is 0 Å². The zero-order valence-corrected chi connectivity index (χ0v) is 16.3. The molecule has 6 nitrogen and oxygen atoms in total. The van der Waals surface area contributed by atoms with Crippen molar-refractivity contribution in [2.45, 2.75) is 24.7 Å². The van der Waals surface area contributed by atoms with Gasteiger partial charge in [-0.1, -0.05) is 29.8 Å². The van der Waals surface area contributed by atoms with Gasteiger partial charge in [0.25, 0.3) is 0 Å². The average Bonchev–Trinajstić information content (AvgIpc) is 2.69. The summed E-state index contributed by atoms with van der Waals surface area (Å²) >= 11 is 0. The van der Waals surface area contributed by atoms with Crippen molar-refractivity contribution in [2.24, 2.45) is 5.92 Å². The van der Waals surface area contributed by atoms with Gasteiger partial charge >= 0.3 is 0 Å². The van der Waals surface area contributed by atoms with E-state index in [4.69, 9.17) is 4.74 Å². The molecule has 1 N–H and O–H groups in total. The van der Waals surface area contributed by atoms with Crippen LogP contribution in [-0.2, 0) is 14.8 Å². The number of anilines is 1. The van der Waals surface area contributed by atoms with E-state index in [1.54, 1.807) is 43.5 Å². The van der Waals surface area contributed by atoms with E-state index in [1.165, 1.54) is 4.31 Å². The maximum Gasteiger partial charge on any atom is 0.243 e. The number of piperidine rings is 1. The molecule has 0 spiro atoms. The molecule has 1 saturated heterocycles. The SMILES string of the molecule is COc1ccccc1NC(=O)[C@H]1CCCN(S(=O)(=O)c2ccc(C)cc2)C1. The molecule has 1 atom stereocenters. The van der Waals surface area contributed by atoms with E-state index in [9.17, 15) is 13.2 Å². The Morgan fingerprint density at radius 1 is 1.15 bits per heavy atom. The van der Waals surface area contributed by atoms with Gasteiger partial charge in [-0.05, 0) is 44.0 Å². The van der Waals surface area contributed by atoms with Gasteiger partial charge in [0.1, 0.15) is 5.75 Å². The molecule has 0 unspecified atom stereocenters. The topological polar surface area (TPSA) is 75.7 Å². The van der Waals surface area contributed by atoms with Crippen LogP contribution in [0.25, 0.3) is 0 Å². The van der Waals surface area contributed by atoms with Gasteiger partial charge < -0.3 is 10.1 Å². The van der Waals surface area contributed by atoms with Crippen LogP contribution in [0.5, 0.6) is 5.75 Å². The van der Waals surface area contributed by atoms with Crippen LogP contribution in [0.15, 0.2) is 53.4 Å². The van der Waals surface area contributed by atoms with Crippen molar-refractivity contribution >= 4 is 21.6 Å². The normalized spacial score (nSPS) is 18.1. The highest BCUT2D eigenvalue weighted by Gasteiger charge is 2.33. The molecule has 27 heavy (non-hydrogen) atoms. The monoisotopic (exact) mass is 388 g/mol. The molecule has 144 valence electrons. The molecule has 0 saturated carbocycles. The van der Waals surface area contributed by atoms with Crippen LogP contribution in [-0.4, -0.2) is 38.8 Å². The molecule has 3 rings (SSSR count). The number of nitrogens with zero attached hydrogens (tertiary/aromatic N) is 1. The third kappa shape index (κ3) is 4.31. The van der Waals surface area contributed by atoms with Crippen LogP contribution >= 0.6 is 0 Å². The van der Waals surface area contributed by atoms with Gasteiger partial charge in [-0.25, -0.2) is 8.42 Å². The van der Waals surface area contributed by atoms with Gasteiger partial charge in [0, 0.05) is 13.1 Å². The van der Waals surface area contributed by atoms with Crippen molar-refractivity contribution in [1.29, 1.82) is 0 Å². The molecular formula is C20H24N2O4S. The highest BCUT2D eigenvalue weighted by molar-refractivity contribution is 7.89. The molecule has 0 aliphatic carbocycles. The lowest BCUT2D eigenvalue weighted by molar-refractivity contribution is -0.120. The fourth-order valence-electron chi connectivity index (χ4n) is 3.22. The molecule has 0 bridgehead atoms. The number of rotatable bonds is 5.